The average molecular weight is 430 g/mol. The molecule has 1 heterocycles. The second-order valence-electron chi connectivity index (χ2n) is 4.90. The maximum Gasteiger partial charge on any atom is 0.255 e. The molecule has 1 N–H and O–H groups in total. The van der Waals surface area contributed by atoms with Gasteiger partial charge in [0.15, 0.2) is 11.5 Å². The molecular weight excluding hydrogens is 417 g/mol. The fourth-order valence-electron chi connectivity index (χ4n) is 2.20. The number of fused-ring (bicyclic) bond motifs is 1. The number of halogens is 2. The molecule has 6 heteroatoms. The Morgan fingerprint density at radius 1 is 1.23 bits per heavy atom. The van der Waals surface area contributed by atoms with Crippen LogP contribution in [0.4, 0.5) is 5.69 Å². The van der Waals surface area contributed by atoms with Crippen LogP contribution in [-0.2, 0) is 0 Å². The number of anilines is 1. The van der Waals surface area contributed by atoms with Gasteiger partial charge < -0.3 is 14.8 Å². The Balaban J connectivity index is 1.87. The molecule has 1 amide bonds. The molecule has 3 rings (SSSR count). The van der Waals surface area contributed by atoms with Gasteiger partial charge in [-0.1, -0.05) is 11.6 Å². The number of aryl methyl sites for hydroxylation is 1. The number of hydrogen-bond acceptors (Lipinski definition) is 3. The van der Waals surface area contributed by atoms with Crippen molar-refractivity contribution in [2.45, 2.75) is 6.92 Å². The van der Waals surface area contributed by atoms with Crippen molar-refractivity contribution in [2.75, 3.05) is 18.5 Å². The first-order valence-electron chi connectivity index (χ1n) is 6.71. The largest absolute Gasteiger partial charge is 0.486 e. The van der Waals surface area contributed by atoms with E-state index >= 15 is 0 Å². The molecular formula is C16H13ClINO3. The number of amides is 1. The first-order chi connectivity index (χ1) is 10.5. The Labute approximate surface area is 146 Å². The van der Waals surface area contributed by atoms with Crippen LogP contribution in [0.1, 0.15) is 15.9 Å². The Kier molecular flexibility index (Phi) is 4.44. The van der Waals surface area contributed by atoms with Crippen LogP contribution in [0.2, 0.25) is 5.02 Å². The maximum absolute atomic E-state index is 12.4. The van der Waals surface area contributed by atoms with Gasteiger partial charge in [0.2, 0.25) is 0 Å². The molecule has 22 heavy (non-hydrogen) atoms. The van der Waals surface area contributed by atoms with Crippen LogP contribution in [0.3, 0.4) is 0 Å². The summed E-state index contributed by atoms with van der Waals surface area (Å²) >= 11 is 8.40. The minimum Gasteiger partial charge on any atom is -0.486 e. The number of nitrogens with one attached hydrogen (secondary N) is 1. The molecule has 0 atom stereocenters. The number of carbonyl (C=O) groups is 1. The highest BCUT2D eigenvalue weighted by atomic mass is 127. The second-order valence-corrected chi connectivity index (χ2v) is 6.55. The third-order valence-corrected chi connectivity index (χ3v) is 4.25. The molecule has 4 nitrogen and oxygen atoms in total. The predicted octanol–water partition coefficient (Wildman–Crippen LogP) is 4.28. The van der Waals surface area contributed by atoms with Gasteiger partial charge in [-0.3, -0.25) is 4.79 Å². The first kappa shape index (κ1) is 15.4. The van der Waals surface area contributed by atoms with Crippen molar-refractivity contribution in [3.8, 4) is 11.5 Å². The predicted molar refractivity (Wildman–Crippen MR) is 94.3 cm³/mol. The van der Waals surface area contributed by atoms with Gasteiger partial charge in [-0.2, -0.15) is 0 Å². The molecule has 0 bridgehead atoms. The monoisotopic (exact) mass is 429 g/mol. The third-order valence-electron chi connectivity index (χ3n) is 3.30. The lowest BCUT2D eigenvalue weighted by Crippen LogP contribution is -2.18. The zero-order chi connectivity index (χ0) is 15.7. The fraction of sp³-hybridized carbons (Fsp3) is 0.188. The molecule has 1 aliphatic rings. The molecule has 0 saturated carbocycles. The van der Waals surface area contributed by atoms with E-state index < -0.39 is 0 Å². The molecule has 0 fully saturated rings. The van der Waals surface area contributed by atoms with E-state index in [1.54, 1.807) is 12.1 Å². The molecule has 2 aromatic carbocycles. The number of carbonyl (C=O) groups excluding carboxylic acids is 1. The summed E-state index contributed by atoms with van der Waals surface area (Å²) in [6, 6.07) is 9.08. The molecule has 2 aromatic rings. The molecule has 1 aliphatic heterocycles. The highest BCUT2D eigenvalue weighted by Gasteiger charge is 2.19. The van der Waals surface area contributed by atoms with Crippen molar-refractivity contribution < 1.29 is 14.3 Å². The summed E-state index contributed by atoms with van der Waals surface area (Å²) in [6.45, 7) is 2.86. The SMILES string of the molecule is Cc1cc(I)ccc1NC(=O)c1cc(Cl)c2c(c1)OCCO2. The van der Waals surface area contributed by atoms with Crippen LogP contribution in [0.15, 0.2) is 30.3 Å². The van der Waals surface area contributed by atoms with Crippen molar-refractivity contribution in [2.24, 2.45) is 0 Å². The van der Waals surface area contributed by atoms with Gasteiger partial charge in [0, 0.05) is 14.8 Å². The standard InChI is InChI=1S/C16H13ClINO3/c1-9-6-11(18)2-3-13(9)19-16(20)10-7-12(17)15-14(8-10)21-4-5-22-15/h2-3,6-8H,4-5H2,1H3,(H,19,20). The van der Waals surface area contributed by atoms with E-state index in [9.17, 15) is 4.79 Å². The Morgan fingerprint density at radius 3 is 2.77 bits per heavy atom. The van der Waals surface area contributed by atoms with Gasteiger partial charge in [-0.15, -0.1) is 0 Å². The van der Waals surface area contributed by atoms with Gasteiger partial charge in [-0.25, -0.2) is 0 Å². The fourth-order valence-corrected chi connectivity index (χ4v) is 3.12. The van der Waals surface area contributed by atoms with E-state index in [4.69, 9.17) is 21.1 Å². The molecule has 0 saturated heterocycles. The van der Waals surface area contributed by atoms with Gasteiger partial charge in [-0.05, 0) is 65.4 Å². The molecule has 0 unspecified atom stereocenters. The van der Waals surface area contributed by atoms with Crippen LogP contribution in [0.5, 0.6) is 11.5 Å². The lowest BCUT2D eigenvalue weighted by molar-refractivity contribution is 0.102. The van der Waals surface area contributed by atoms with Gasteiger partial charge in [0.25, 0.3) is 5.91 Å². The number of ether oxygens (including phenoxy) is 2. The smallest absolute Gasteiger partial charge is 0.255 e. The third kappa shape index (κ3) is 3.15. The number of rotatable bonds is 2. The van der Waals surface area contributed by atoms with Crippen LogP contribution in [0, 0.1) is 10.5 Å². The quantitative estimate of drug-likeness (QED) is 0.725. The van der Waals surface area contributed by atoms with E-state index in [-0.39, 0.29) is 5.91 Å². The van der Waals surface area contributed by atoms with Crippen molar-refractivity contribution in [3.63, 3.8) is 0 Å². The summed E-state index contributed by atoms with van der Waals surface area (Å²) in [6.07, 6.45) is 0. The van der Waals surface area contributed by atoms with E-state index in [0.29, 0.717) is 35.3 Å². The summed E-state index contributed by atoms with van der Waals surface area (Å²) < 4.78 is 12.1. The lowest BCUT2D eigenvalue weighted by Gasteiger charge is -2.20. The highest BCUT2D eigenvalue weighted by Crippen LogP contribution is 2.38. The molecule has 0 spiro atoms. The van der Waals surface area contributed by atoms with Crippen LogP contribution < -0.4 is 14.8 Å². The van der Waals surface area contributed by atoms with Crippen molar-refractivity contribution in [1.82, 2.24) is 0 Å². The summed E-state index contributed by atoms with van der Waals surface area (Å²) in [5.41, 5.74) is 2.22. The van der Waals surface area contributed by atoms with E-state index in [2.05, 4.69) is 27.9 Å². The minimum atomic E-state index is -0.233. The van der Waals surface area contributed by atoms with Crippen LogP contribution in [-0.4, -0.2) is 19.1 Å². The van der Waals surface area contributed by atoms with Gasteiger partial charge >= 0.3 is 0 Å². The maximum atomic E-state index is 12.4. The summed E-state index contributed by atoms with van der Waals surface area (Å²) in [4.78, 5) is 12.4. The van der Waals surface area contributed by atoms with Crippen LogP contribution >= 0.6 is 34.2 Å². The normalized spacial score (nSPS) is 12.9. The molecule has 114 valence electrons. The van der Waals surface area contributed by atoms with Gasteiger partial charge in [0.05, 0.1) is 5.02 Å². The average Bonchev–Trinajstić information content (AvgIpc) is 2.50. The minimum absolute atomic E-state index is 0.233. The number of hydrogen-bond donors (Lipinski definition) is 1. The summed E-state index contributed by atoms with van der Waals surface area (Å²) in [7, 11) is 0. The Bertz CT molecular complexity index is 748. The molecule has 0 aromatic heterocycles. The van der Waals surface area contributed by atoms with Gasteiger partial charge in [0.1, 0.15) is 13.2 Å². The van der Waals surface area contributed by atoms with Crippen molar-refractivity contribution in [1.29, 1.82) is 0 Å². The van der Waals surface area contributed by atoms with E-state index in [1.807, 2.05) is 25.1 Å². The lowest BCUT2D eigenvalue weighted by atomic mass is 10.1. The summed E-state index contributed by atoms with van der Waals surface area (Å²) in [5.74, 6) is 0.765. The van der Waals surface area contributed by atoms with Crippen molar-refractivity contribution in [3.05, 3.63) is 50.1 Å². The number of benzene rings is 2. The van der Waals surface area contributed by atoms with Crippen LogP contribution in [0.25, 0.3) is 0 Å². The Hall–Kier alpha value is -1.47. The highest BCUT2D eigenvalue weighted by molar-refractivity contribution is 14.1. The van der Waals surface area contributed by atoms with Crippen molar-refractivity contribution >= 4 is 45.8 Å². The van der Waals surface area contributed by atoms with E-state index in [1.165, 1.54) is 0 Å². The summed E-state index contributed by atoms with van der Waals surface area (Å²) in [5, 5.41) is 3.27. The second kappa shape index (κ2) is 6.34. The zero-order valence-electron chi connectivity index (χ0n) is 11.8. The van der Waals surface area contributed by atoms with E-state index in [0.717, 1.165) is 14.8 Å². The molecule has 0 radical (unpaired) electrons. The molecule has 0 aliphatic carbocycles. The first-order valence-corrected chi connectivity index (χ1v) is 8.17. The zero-order valence-corrected chi connectivity index (χ0v) is 14.7. The topological polar surface area (TPSA) is 47.6 Å². The Morgan fingerprint density at radius 2 is 2.00 bits per heavy atom.